The molecule has 1 aliphatic heterocycles. The second-order valence-electron chi connectivity index (χ2n) is 3.79. The summed E-state index contributed by atoms with van der Waals surface area (Å²) in [5, 5.41) is 2.77. The smallest absolute Gasteiger partial charge is 0.325 e. The highest BCUT2D eigenvalue weighted by molar-refractivity contribution is 5.81. The number of amides is 2. The van der Waals surface area contributed by atoms with E-state index in [1.165, 1.54) is 4.90 Å². The number of carbonyl (C=O) groups is 2. The maximum Gasteiger partial charge on any atom is 0.325 e. The van der Waals surface area contributed by atoms with Crippen LogP contribution in [0.2, 0.25) is 0 Å². The van der Waals surface area contributed by atoms with Gasteiger partial charge >= 0.3 is 12.0 Å². The van der Waals surface area contributed by atoms with E-state index in [9.17, 15) is 9.59 Å². The number of cyclic esters (lactones) is 1. The zero-order valence-corrected chi connectivity index (χ0v) is 9.39. The number of hydrogen-bond donors (Lipinski definition) is 1. The lowest BCUT2D eigenvalue weighted by Gasteiger charge is -2.25. The molecule has 17 heavy (non-hydrogen) atoms. The van der Waals surface area contributed by atoms with Crippen LogP contribution >= 0.6 is 0 Å². The number of nitrogens with one attached hydrogen (secondary N) is 1. The van der Waals surface area contributed by atoms with Crippen LogP contribution < -0.4 is 5.32 Å². The van der Waals surface area contributed by atoms with Crippen molar-refractivity contribution in [3.63, 3.8) is 0 Å². The van der Waals surface area contributed by atoms with Crippen LogP contribution in [0, 0.1) is 0 Å². The summed E-state index contributed by atoms with van der Waals surface area (Å²) in [7, 11) is 0. The Balaban J connectivity index is 1.83. The van der Waals surface area contributed by atoms with Gasteiger partial charge in [-0.1, -0.05) is 30.3 Å². The molecule has 0 unspecified atom stereocenters. The van der Waals surface area contributed by atoms with Gasteiger partial charge in [0.05, 0.1) is 6.54 Å². The number of hydrogen-bond acceptors (Lipinski definition) is 3. The molecule has 1 aromatic carbocycles. The molecule has 1 aromatic rings. The molecule has 0 atom stereocenters. The molecule has 1 heterocycles. The molecule has 1 fully saturated rings. The predicted molar refractivity (Wildman–Crippen MR) is 61.2 cm³/mol. The van der Waals surface area contributed by atoms with E-state index < -0.39 is 0 Å². The number of morpholine rings is 1. The van der Waals surface area contributed by atoms with E-state index in [1.54, 1.807) is 0 Å². The van der Waals surface area contributed by atoms with Crippen LogP contribution in [-0.4, -0.2) is 36.6 Å². The Kier molecular flexibility index (Phi) is 3.59. The first-order chi connectivity index (χ1) is 8.25. The van der Waals surface area contributed by atoms with Crippen LogP contribution in [0.15, 0.2) is 30.3 Å². The number of esters is 1. The van der Waals surface area contributed by atoms with Crippen molar-refractivity contribution in [2.45, 2.75) is 6.54 Å². The first-order valence-electron chi connectivity index (χ1n) is 5.48. The molecular weight excluding hydrogens is 220 g/mol. The van der Waals surface area contributed by atoms with E-state index in [0.717, 1.165) is 5.56 Å². The van der Waals surface area contributed by atoms with Crippen molar-refractivity contribution in [3.8, 4) is 0 Å². The molecule has 2 amide bonds. The van der Waals surface area contributed by atoms with Gasteiger partial charge in [-0.05, 0) is 5.56 Å². The molecule has 1 N–H and O–H groups in total. The SMILES string of the molecule is O=C1CN(C(=O)NCc2ccccc2)CCO1. The normalized spacial score (nSPS) is 15.3. The van der Waals surface area contributed by atoms with Crippen molar-refractivity contribution < 1.29 is 14.3 Å². The summed E-state index contributed by atoms with van der Waals surface area (Å²) < 4.78 is 4.76. The molecular formula is C12H14N2O3. The lowest BCUT2D eigenvalue weighted by atomic mass is 10.2. The fraction of sp³-hybridized carbons (Fsp3) is 0.333. The van der Waals surface area contributed by atoms with Crippen molar-refractivity contribution >= 4 is 12.0 Å². The fourth-order valence-corrected chi connectivity index (χ4v) is 1.61. The summed E-state index contributed by atoms with van der Waals surface area (Å²) in [6.07, 6.45) is 0. The Morgan fingerprint density at radius 1 is 1.35 bits per heavy atom. The van der Waals surface area contributed by atoms with Crippen LogP contribution in [0.3, 0.4) is 0 Å². The van der Waals surface area contributed by atoms with E-state index in [1.807, 2.05) is 30.3 Å². The van der Waals surface area contributed by atoms with Gasteiger partial charge in [0.25, 0.3) is 0 Å². The first kappa shape index (κ1) is 11.4. The Bertz CT molecular complexity index is 405. The number of rotatable bonds is 2. The van der Waals surface area contributed by atoms with Gasteiger partial charge in [-0.2, -0.15) is 0 Å². The van der Waals surface area contributed by atoms with Gasteiger partial charge in [0.2, 0.25) is 0 Å². The molecule has 0 bridgehead atoms. The predicted octanol–water partition coefficient (Wildman–Crippen LogP) is 0.755. The topological polar surface area (TPSA) is 58.6 Å². The lowest BCUT2D eigenvalue weighted by molar-refractivity contribution is -0.148. The third-order valence-electron chi connectivity index (χ3n) is 2.52. The number of ether oxygens (including phenoxy) is 1. The van der Waals surface area contributed by atoms with E-state index >= 15 is 0 Å². The summed E-state index contributed by atoms with van der Waals surface area (Å²) in [6.45, 7) is 1.22. The van der Waals surface area contributed by atoms with Crippen LogP contribution in [0.25, 0.3) is 0 Å². The lowest BCUT2D eigenvalue weighted by Crippen LogP contribution is -2.47. The largest absolute Gasteiger partial charge is 0.462 e. The summed E-state index contributed by atoms with van der Waals surface area (Å²) in [5.74, 6) is -0.355. The minimum atomic E-state index is -0.355. The Hall–Kier alpha value is -2.04. The van der Waals surface area contributed by atoms with Crippen molar-refractivity contribution in [3.05, 3.63) is 35.9 Å². The molecule has 5 heteroatoms. The fourth-order valence-electron chi connectivity index (χ4n) is 1.61. The Morgan fingerprint density at radius 2 is 2.12 bits per heavy atom. The van der Waals surface area contributed by atoms with E-state index in [0.29, 0.717) is 13.1 Å². The number of carbonyl (C=O) groups excluding carboxylic acids is 2. The Labute approximate surface area is 99.4 Å². The molecule has 0 saturated carbocycles. The molecule has 90 valence electrons. The molecule has 0 aromatic heterocycles. The highest BCUT2D eigenvalue weighted by Gasteiger charge is 2.21. The zero-order valence-electron chi connectivity index (χ0n) is 9.39. The molecule has 0 spiro atoms. The molecule has 0 aliphatic carbocycles. The summed E-state index contributed by atoms with van der Waals surface area (Å²) in [6, 6.07) is 9.39. The highest BCUT2D eigenvalue weighted by atomic mass is 16.5. The number of nitrogens with zero attached hydrogens (tertiary/aromatic N) is 1. The molecule has 0 radical (unpaired) electrons. The van der Waals surface area contributed by atoms with E-state index in [4.69, 9.17) is 4.74 Å². The van der Waals surface area contributed by atoms with Crippen LogP contribution in [0.4, 0.5) is 4.79 Å². The van der Waals surface area contributed by atoms with Gasteiger partial charge in [-0.3, -0.25) is 4.79 Å². The minimum Gasteiger partial charge on any atom is -0.462 e. The summed E-state index contributed by atoms with van der Waals surface area (Å²) in [5.41, 5.74) is 1.03. The first-order valence-corrected chi connectivity index (χ1v) is 5.48. The van der Waals surface area contributed by atoms with E-state index in [2.05, 4.69) is 5.32 Å². The Morgan fingerprint density at radius 3 is 2.82 bits per heavy atom. The molecule has 5 nitrogen and oxygen atoms in total. The maximum absolute atomic E-state index is 11.7. The number of benzene rings is 1. The molecule has 2 rings (SSSR count). The van der Waals surface area contributed by atoms with Crippen LogP contribution in [0.1, 0.15) is 5.56 Å². The average Bonchev–Trinajstić information content (AvgIpc) is 2.37. The third-order valence-corrected chi connectivity index (χ3v) is 2.52. The van der Waals surface area contributed by atoms with Crippen LogP contribution in [-0.2, 0) is 16.1 Å². The van der Waals surface area contributed by atoms with Gasteiger partial charge in [0.1, 0.15) is 13.2 Å². The summed E-state index contributed by atoms with van der Waals surface area (Å²) in [4.78, 5) is 24.2. The molecule has 1 saturated heterocycles. The minimum absolute atomic E-state index is 0.0284. The number of urea groups is 1. The van der Waals surface area contributed by atoms with E-state index in [-0.39, 0.29) is 25.2 Å². The van der Waals surface area contributed by atoms with Gasteiger partial charge in [0.15, 0.2) is 0 Å². The van der Waals surface area contributed by atoms with Crippen molar-refractivity contribution in [1.82, 2.24) is 10.2 Å². The van der Waals surface area contributed by atoms with Crippen LogP contribution in [0.5, 0.6) is 0 Å². The van der Waals surface area contributed by atoms with Gasteiger partial charge in [-0.15, -0.1) is 0 Å². The zero-order chi connectivity index (χ0) is 12.1. The molecule has 1 aliphatic rings. The average molecular weight is 234 g/mol. The maximum atomic E-state index is 11.7. The van der Waals surface area contributed by atoms with Gasteiger partial charge in [0, 0.05) is 6.54 Å². The van der Waals surface area contributed by atoms with Crippen molar-refractivity contribution in [2.75, 3.05) is 19.7 Å². The quantitative estimate of drug-likeness (QED) is 0.768. The monoisotopic (exact) mass is 234 g/mol. The van der Waals surface area contributed by atoms with Crippen molar-refractivity contribution in [1.29, 1.82) is 0 Å². The second kappa shape index (κ2) is 5.34. The summed E-state index contributed by atoms with van der Waals surface area (Å²) >= 11 is 0. The van der Waals surface area contributed by atoms with Gasteiger partial charge in [-0.25, -0.2) is 4.79 Å². The third kappa shape index (κ3) is 3.21. The standard InChI is InChI=1S/C12H14N2O3/c15-11-9-14(6-7-17-11)12(16)13-8-10-4-2-1-3-5-10/h1-5H,6-9H2,(H,13,16). The van der Waals surface area contributed by atoms with Crippen molar-refractivity contribution in [2.24, 2.45) is 0 Å². The highest BCUT2D eigenvalue weighted by Crippen LogP contribution is 2.01. The van der Waals surface area contributed by atoms with Gasteiger partial charge < -0.3 is 15.0 Å². The second-order valence-corrected chi connectivity index (χ2v) is 3.79.